The number of anilines is 1. The van der Waals surface area contributed by atoms with Crippen LogP contribution >= 0.6 is 11.3 Å². The maximum atomic E-state index is 12.0. The summed E-state index contributed by atoms with van der Waals surface area (Å²) in [6.07, 6.45) is 3.70. The van der Waals surface area contributed by atoms with Gasteiger partial charge in [-0.05, 0) is 84.7 Å². The summed E-state index contributed by atoms with van der Waals surface area (Å²) in [4.78, 5) is 26.6. The summed E-state index contributed by atoms with van der Waals surface area (Å²) in [5.41, 5.74) is 3.29. The van der Waals surface area contributed by atoms with E-state index in [0.29, 0.717) is 4.88 Å². The van der Waals surface area contributed by atoms with Crippen LogP contribution in [0.5, 0.6) is 5.75 Å². The first kappa shape index (κ1) is 22.9. The number of phenols is 1. The lowest BCUT2D eigenvalue weighted by molar-refractivity contribution is 0.0678. The Labute approximate surface area is 206 Å². The fourth-order valence-corrected chi connectivity index (χ4v) is 5.96. The Morgan fingerprint density at radius 3 is 2.34 bits per heavy atom. The number of aromatic carboxylic acids is 2. The quantitative estimate of drug-likeness (QED) is 0.292. The molecule has 1 aliphatic heterocycles. The minimum atomic E-state index is -1.30. The smallest absolute Gasteiger partial charge is 0.339 e. The summed E-state index contributed by atoms with van der Waals surface area (Å²) < 4.78 is 0.921. The molecule has 3 aromatic carbocycles. The molecular weight excluding hydrogens is 462 g/mol. The summed E-state index contributed by atoms with van der Waals surface area (Å²) >= 11 is 1.33. The monoisotopic (exact) mass is 487 g/mol. The lowest BCUT2D eigenvalue weighted by Gasteiger charge is -2.29. The number of rotatable bonds is 5. The van der Waals surface area contributed by atoms with Crippen LogP contribution in [0.1, 0.15) is 45.5 Å². The van der Waals surface area contributed by atoms with Gasteiger partial charge >= 0.3 is 11.9 Å². The Hall–Kier alpha value is -3.84. The Morgan fingerprint density at radius 2 is 1.63 bits per heavy atom. The first-order valence-electron chi connectivity index (χ1n) is 11.6. The van der Waals surface area contributed by atoms with Crippen molar-refractivity contribution in [2.24, 2.45) is 0 Å². The van der Waals surface area contributed by atoms with Gasteiger partial charge in [0, 0.05) is 33.9 Å². The molecule has 4 aromatic rings. The number of nitrogens with zero attached hydrogens (tertiary/aromatic N) is 1. The minimum Gasteiger partial charge on any atom is -0.506 e. The third kappa shape index (κ3) is 4.23. The molecule has 1 saturated heterocycles. The number of aromatic hydroxyl groups is 1. The second kappa shape index (κ2) is 9.07. The van der Waals surface area contributed by atoms with Crippen molar-refractivity contribution < 1.29 is 24.9 Å². The van der Waals surface area contributed by atoms with Gasteiger partial charge in [-0.15, -0.1) is 11.3 Å². The largest absolute Gasteiger partial charge is 0.506 e. The van der Waals surface area contributed by atoms with Crippen molar-refractivity contribution >= 4 is 39.0 Å². The highest BCUT2D eigenvalue weighted by Gasteiger charge is 2.26. The van der Waals surface area contributed by atoms with Crippen LogP contribution < -0.4 is 4.90 Å². The van der Waals surface area contributed by atoms with Crippen LogP contribution in [0.25, 0.3) is 31.7 Å². The molecule has 35 heavy (non-hydrogen) atoms. The van der Waals surface area contributed by atoms with E-state index in [1.54, 1.807) is 6.92 Å². The van der Waals surface area contributed by atoms with E-state index in [9.17, 15) is 24.9 Å². The first-order valence-corrected chi connectivity index (χ1v) is 12.4. The maximum absolute atomic E-state index is 12.0. The van der Waals surface area contributed by atoms with Crippen LogP contribution in [0, 0.1) is 6.92 Å². The summed E-state index contributed by atoms with van der Waals surface area (Å²) in [6.45, 7) is 3.68. The van der Waals surface area contributed by atoms with E-state index in [1.165, 1.54) is 42.4 Å². The fraction of sp³-hybridized carbons (Fsp3) is 0.214. The van der Waals surface area contributed by atoms with Crippen molar-refractivity contribution in [3.05, 3.63) is 71.3 Å². The van der Waals surface area contributed by atoms with Crippen LogP contribution in [0.3, 0.4) is 0 Å². The van der Waals surface area contributed by atoms with Crippen LogP contribution in [-0.4, -0.2) is 40.3 Å². The fourth-order valence-electron chi connectivity index (χ4n) is 4.87. The second-order valence-electron chi connectivity index (χ2n) is 8.91. The number of carboxylic acid groups (broad SMARTS) is 2. The number of thiophene rings is 1. The molecule has 0 bridgehead atoms. The molecule has 1 aromatic heterocycles. The molecule has 6 nitrogen and oxygen atoms in total. The van der Waals surface area contributed by atoms with Crippen molar-refractivity contribution in [1.29, 1.82) is 0 Å². The number of fused-ring (bicyclic) bond motifs is 1. The van der Waals surface area contributed by atoms with Gasteiger partial charge < -0.3 is 20.2 Å². The van der Waals surface area contributed by atoms with E-state index in [2.05, 4.69) is 35.2 Å². The molecule has 2 heterocycles. The molecule has 0 aliphatic carbocycles. The van der Waals surface area contributed by atoms with Gasteiger partial charge in [-0.2, -0.15) is 0 Å². The van der Waals surface area contributed by atoms with Crippen molar-refractivity contribution in [3.8, 4) is 27.3 Å². The van der Waals surface area contributed by atoms with Gasteiger partial charge in [-0.3, -0.25) is 0 Å². The van der Waals surface area contributed by atoms with Crippen LogP contribution in [-0.2, 0) is 0 Å². The van der Waals surface area contributed by atoms with Gasteiger partial charge in [-0.1, -0.05) is 18.2 Å². The predicted molar refractivity (Wildman–Crippen MR) is 139 cm³/mol. The Bertz CT molecular complexity index is 1470. The molecular formula is C28H25NO5S. The summed E-state index contributed by atoms with van der Waals surface area (Å²) in [7, 11) is 0. The zero-order chi connectivity index (χ0) is 24.7. The van der Waals surface area contributed by atoms with Crippen LogP contribution in [0.15, 0.2) is 54.6 Å². The second-order valence-corrected chi connectivity index (χ2v) is 10.00. The Morgan fingerprint density at radius 1 is 0.886 bits per heavy atom. The molecule has 7 heteroatoms. The van der Waals surface area contributed by atoms with E-state index in [4.69, 9.17) is 0 Å². The topological polar surface area (TPSA) is 98.1 Å². The molecule has 0 unspecified atom stereocenters. The lowest BCUT2D eigenvalue weighted by atomic mass is 9.95. The standard InChI is InChI=1S/C28H25NO5S/c1-16-12-21(27(31)32)26(30)25(24(16)28(33)34)23-15-19-13-18(8-9-22(19)35-23)17-6-5-7-20(14-17)29-10-3-2-4-11-29/h5-9,12-15,30H,2-4,10-11H2,1H3,(H,31,32)(H,33,34). The van der Waals surface area contributed by atoms with E-state index >= 15 is 0 Å². The van der Waals surface area contributed by atoms with Gasteiger partial charge in [0.15, 0.2) is 0 Å². The van der Waals surface area contributed by atoms with Gasteiger partial charge in [0.2, 0.25) is 0 Å². The number of carbonyl (C=O) groups is 2. The molecule has 0 spiro atoms. The number of carboxylic acids is 2. The summed E-state index contributed by atoms with van der Waals surface area (Å²) in [5.74, 6) is -3.04. The molecule has 3 N–H and O–H groups in total. The zero-order valence-corrected chi connectivity index (χ0v) is 20.1. The minimum absolute atomic E-state index is 0.0461. The third-order valence-corrected chi connectivity index (χ3v) is 7.74. The molecule has 1 aliphatic rings. The third-order valence-electron chi connectivity index (χ3n) is 6.60. The molecule has 0 radical (unpaired) electrons. The van der Waals surface area contributed by atoms with Crippen molar-refractivity contribution in [1.82, 2.24) is 0 Å². The highest BCUT2D eigenvalue weighted by molar-refractivity contribution is 7.22. The lowest BCUT2D eigenvalue weighted by Crippen LogP contribution is -2.29. The average molecular weight is 488 g/mol. The molecule has 178 valence electrons. The van der Waals surface area contributed by atoms with Crippen molar-refractivity contribution in [3.63, 3.8) is 0 Å². The number of benzene rings is 3. The molecule has 0 amide bonds. The number of piperidine rings is 1. The van der Waals surface area contributed by atoms with Crippen molar-refractivity contribution in [2.45, 2.75) is 26.2 Å². The SMILES string of the molecule is Cc1cc(C(=O)O)c(O)c(-c2cc3cc(-c4cccc(N5CCCCC5)c4)ccc3s2)c1C(=O)O. The van der Waals surface area contributed by atoms with Crippen LogP contribution in [0.4, 0.5) is 5.69 Å². The molecule has 1 fully saturated rings. The summed E-state index contributed by atoms with van der Waals surface area (Å²) in [5, 5.41) is 30.9. The van der Waals surface area contributed by atoms with E-state index in [1.807, 2.05) is 18.2 Å². The molecule has 0 atom stereocenters. The van der Waals surface area contributed by atoms with Gasteiger partial charge in [-0.25, -0.2) is 9.59 Å². The predicted octanol–water partition coefficient (Wildman–Crippen LogP) is 6.64. The van der Waals surface area contributed by atoms with Gasteiger partial charge in [0.25, 0.3) is 0 Å². The highest BCUT2D eigenvalue weighted by atomic mass is 32.1. The first-order chi connectivity index (χ1) is 16.8. The van der Waals surface area contributed by atoms with E-state index in [0.717, 1.165) is 34.3 Å². The van der Waals surface area contributed by atoms with Gasteiger partial charge in [0.05, 0.1) is 5.56 Å². The number of aryl methyl sites for hydroxylation is 1. The number of hydrogen-bond donors (Lipinski definition) is 3. The van der Waals surface area contributed by atoms with E-state index in [-0.39, 0.29) is 22.3 Å². The van der Waals surface area contributed by atoms with Crippen LogP contribution in [0.2, 0.25) is 0 Å². The molecule has 0 saturated carbocycles. The number of hydrogen-bond acceptors (Lipinski definition) is 5. The average Bonchev–Trinajstić information content (AvgIpc) is 3.28. The van der Waals surface area contributed by atoms with Crippen molar-refractivity contribution in [2.75, 3.05) is 18.0 Å². The molecule has 5 rings (SSSR count). The highest BCUT2D eigenvalue weighted by Crippen LogP contribution is 2.44. The Kier molecular flexibility index (Phi) is 5.94. The maximum Gasteiger partial charge on any atom is 0.339 e. The van der Waals surface area contributed by atoms with Gasteiger partial charge in [0.1, 0.15) is 11.3 Å². The van der Waals surface area contributed by atoms with E-state index < -0.39 is 17.7 Å². The normalized spacial score (nSPS) is 13.8. The Balaban J connectivity index is 1.59. The summed E-state index contributed by atoms with van der Waals surface area (Å²) in [6, 6.07) is 17.6. The zero-order valence-electron chi connectivity index (χ0n) is 19.2.